The fraction of sp³-hybridized carbons (Fsp3) is 0.278. The summed E-state index contributed by atoms with van der Waals surface area (Å²) in [5.41, 5.74) is 1.78. The van der Waals surface area contributed by atoms with E-state index in [1.165, 1.54) is 25.4 Å². The largest absolute Gasteiger partial charge is 0.508 e. The lowest BCUT2D eigenvalue weighted by Crippen LogP contribution is -2.18. The van der Waals surface area contributed by atoms with Crippen LogP contribution < -0.4 is 0 Å². The number of likely N-dealkylation sites (tertiary alicyclic amines) is 1. The number of phenolic OH excluding ortho intramolecular Hbond substituents is 1. The molecule has 1 saturated heterocycles. The van der Waals surface area contributed by atoms with Crippen LogP contribution in [0.1, 0.15) is 34.5 Å². The highest BCUT2D eigenvalue weighted by Crippen LogP contribution is 2.34. The van der Waals surface area contributed by atoms with E-state index < -0.39 is 0 Å². The number of nitrogens with zero attached hydrogens (tertiary/aromatic N) is 1. The smallest absolute Gasteiger partial charge is 0.232 e. The lowest BCUT2D eigenvalue weighted by Gasteiger charge is -2.16. The van der Waals surface area contributed by atoms with E-state index in [0.717, 1.165) is 18.7 Å². The number of hydrogen-bond donors (Lipinski definition) is 1. The predicted octanol–water partition coefficient (Wildman–Crippen LogP) is 3.56. The highest BCUT2D eigenvalue weighted by atomic mass is 16.3. The van der Waals surface area contributed by atoms with Crippen LogP contribution in [0.2, 0.25) is 0 Å². The maximum absolute atomic E-state index is 12.6. The summed E-state index contributed by atoms with van der Waals surface area (Å²) in [6.07, 6.45) is 5.25. The first-order valence-electron chi connectivity index (χ1n) is 7.76. The molecule has 0 saturated carbocycles. The van der Waals surface area contributed by atoms with Gasteiger partial charge in [-0.25, -0.2) is 0 Å². The van der Waals surface area contributed by atoms with Crippen LogP contribution >= 0.6 is 0 Å². The van der Waals surface area contributed by atoms with Crippen LogP contribution in [-0.2, 0) is 6.54 Å². The van der Waals surface area contributed by atoms with Crippen LogP contribution in [0, 0.1) is 0 Å². The summed E-state index contributed by atoms with van der Waals surface area (Å²) >= 11 is 0. The molecule has 0 radical (unpaired) electrons. The molecule has 118 valence electrons. The van der Waals surface area contributed by atoms with Gasteiger partial charge in [0.05, 0.1) is 11.8 Å². The van der Waals surface area contributed by atoms with Crippen LogP contribution in [0.25, 0.3) is 11.0 Å². The Morgan fingerprint density at radius 2 is 2.00 bits per heavy atom. The van der Waals surface area contributed by atoms with Crippen molar-refractivity contribution in [1.29, 1.82) is 0 Å². The summed E-state index contributed by atoms with van der Waals surface area (Å²) in [6, 6.07) is 6.62. The number of rotatable bonds is 4. The van der Waals surface area contributed by atoms with E-state index in [4.69, 9.17) is 8.83 Å². The van der Waals surface area contributed by atoms with Crippen molar-refractivity contribution in [2.75, 3.05) is 13.1 Å². The minimum Gasteiger partial charge on any atom is -0.508 e. The second kappa shape index (κ2) is 5.59. The molecular formula is C18H17NO4. The normalized spacial score (nSPS) is 15.5. The molecule has 0 amide bonds. The third-order valence-electron chi connectivity index (χ3n) is 4.39. The minimum atomic E-state index is -0.234. The van der Waals surface area contributed by atoms with Gasteiger partial charge < -0.3 is 13.9 Å². The molecule has 5 heteroatoms. The van der Waals surface area contributed by atoms with Crippen molar-refractivity contribution < 1.29 is 18.7 Å². The minimum absolute atomic E-state index is 0.194. The summed E-state index contributed by atoms with van der Waals surface area (Å²) in [6.45, 7) is 2.63. The lowest BCUT2D eigenvalue weighted by molar-refractivity contribution is 0.101. The van der Waals surface area contributed by atoms with Crippen LogP contribution in [0.4, 0.5) is 0 Å². The van der Waals surface area contributed by atoms with Crippen LogP contribution in [0.3, 0.4) is 0 Å². The zero-order valence-corrected chi connectivity index (χ0v) is 12.6. The Morgan fingerprint density at radius 3 is 2.74 bits per heavy atom. The number of hydrogen-bond acceptors (Lipinski definition) is 5. The number of phenols is 1. The molecule has 0 unspecified atom stereocenters. The monoisotopic (exact) mass is 311 g/mol. The standard InChI is InChI=1S/C18H17NO4/c20-14-5-6-15-17(12(14)10-19-7-1-2-8-19)13(11-23-15)18(21)16-4-3-9-22-16/h3-6,9,11,20H,1-2,7-8,10H2. The molecule has 3 aromatic rings. The lowest BCUT2D eigenvalue weighted by atomic mass is 10.0. The van der Waals surface area contributed by atoms with Crippen molar-refractivity contribution >= 4 is 16.8 Å². The predicted molar refractivity (Wildman–Crippen MR) is 84.5 cm³/mol. The zero-order valence-electron chi connectivity index (χ0n) is 12.6. The van der Waals surface area contributed by atoms with E-state index in [1.54, 1.807) is 24.3 Å². The fourth-order valence-corrected chi connectivity index (χ4v) is 3.22. The highest BCUT2D eigenvalue weighted by molar-refractivity contribution is 6.15. The number of ketones is 1. The third kappa shape index (κ3) is 2.43. The summed E-state index contributed by atoms with van der Waals surface area (Å²) in [4.78, 5) is 14.9. The second-order valence-corrected chi connectivity index (χ2v) is 5.88. The first-order valence-corrected chi connectivity index (χ1v) is 7.76. The van der Waals surface area contributed by atoms with Gasteiger partial charge in [-0.3, -0.25) is 9.69 Å². The molecular weight excluding hydrogens is 294 g/mol. The Kier molecular flexibility index (Phi) is 3.42. The van der Waals surface area contributed by atoms with E-state index >= 15 is 0 Å². The number of furan rings is 2. The summed E-state index contributed by atoms with van der Waals surface area (Å²) in [5, 5.41) is 11.0. The van der Waals surface area contributed by atoms with E-state index in [-0.39, 0.29) is 17.3 Å². The number of aromatic hydroxyl groups is 1. The Bertz CT molecular complexity index is 841. The van der Waals surface area contributed by atoms with Gasteiger partial charge in [-0.2, -0.15) is 0 Å². The molecule has 1 N–H and O–H groups in total. The molecule has 0 aliphatic carbocycles. The second-order valence-electron chi connectivity index (χ2n) is 5.88. The van der Waals surface area contributed by atoms with Crippen molar-refractivity contribution in [1.82, 2.24) is 4.90 Å². The molecule has 23 heavy (non-hydrogen) atoms. The van der Waals surface area contributed by atoms with E-state index in [2.05, 4.69) is 4.90 Å². The maximum atomic E-state index is 12.6. The average Bonchev–Trinajstić information content (AvgIpc) is 3.30. The van der Waals surface area contributed by atoms with E-state index in [1.807, 2.05) is 0 Å². The van der Waals surface area contributed by atoms with Crippen molar-refractivity contribution in [3.63, 3.8) is 0 Å². The van der Waals surface area contributed by atoms with Gasteiger partial charge in [0.25, 0.3) is 0 Å². The van der Waals surface area contributed by atoms with Crippen LogP contribution in [0.5, 0.6) is 5.75 Å². The molecule has 1 aliphatic heterocycles. The SMILES string of the molecule is O=C(c1ccco1)c1coc2ccc(O)c(CN3CCCC3)c12. The zero-order chi connectivity index (χ0) is 15.8. The van der Waals surface area contributed by atoms with Crippen molar-refractivity contribution in [3.05, 3.63) is 53.7 Å². The molecule has 1 aromatic carbocycles. The molecule has 0 atom stereocenters. The van der Waals surface area contributed by atoms with Crippen LogP contribution in [-0.4, -0.2) is 28.9 Å². The molecule has 1 fully saturated rings. The molecule has 0 spiro atoms. The Morgan fingerprint density at radius 1 is 1.17 bits per heavy atom. The number of carbonyl (C=O) groups is 1. The van der Waals surface area contributed by atoms with Crippen LogP contribution in [0.15, 0.2) is 45.6 Å². The van der Waals surface area contributed by atoms with Crippen molar-refractivity contribution in [2.24, 2.45) is 0 Å². The molecule has 3 heterocycles. The molecule has 1 aliphatic rings. The highest BCUT2D eigenvalue weighted by Gasteiger charge is 2.23. The molecule has 5 nitrogen and oxygen atoms in total. The number of benzene rings is 1. The van der Waals surface area contributed by atoms with Gasteiger partial charge in [0.2, 0.25) is 5.78 Å². The Balaban J connectivity index is 1.82. The van der Waals surface area contributed by atoms with Gasteiger partial charge in [-0.05, 0) is 50.2 Å². The van der Waals surface area contributed by atoms with Crippen molar-refractivity contribution in [2.45, 2.75) is 19.4 Å². The van der Waals surface area contributed by atoms with E-state index in [0.29, 0.717) is 23.1 Å². The number of carbonyl (C=O) groups excluding carboxylic acids is 1. The summed E-state index contributed by atoms with van der Waals surface area (Å²) < 4.78 is 10.7. The van der Waals surface area contributed by atoms with Gasteiger partial charge in [0.15, 0.2) is 5.76 Å². The molecule has 2 aromatic heterocycles. The fourth-order valence-electron chi connectivity index (χ4n) is 3.22. The molecule has 4 rings (SSSR count). The quantitative estimate of drug-likeness (QED) is 0.746. The van der Waals surface area contributed by atoms with Gasteiger partial charge in [0.1, 0.15) is 17.6 Å². The van der Waals surface area contributed by atoms with E-state index in [9.17, 15) is 9.90 Å². The van der Waals surface area contributed by atoms with Crippen molar-refractivity contribution in [3.8, 4) is 5.75 Å². The maximum Gasteiger partial charge on any atom is 0.232 e. The third-order valence-corrected chi connectivity index (χ3v) is 4.39. The van der Waals surface area contributed by atoms with Gasteiger partial charge in [-0.1, -0.05) is 0 Å². The Labute approximate surface area is 133 Å². The number of fused-ring (bicyclic) bond motifs is 1. The molecule has 0 bridgehead atoms. The summed E-state index contributed by atoms with van der Waals surface area (Å²) in [7, 11) is 0. The van der Waals surface area contributed by atoms with Gasteiger partial charge in [-0.15, -0.1) is 0 Å². The topological polar surface area (TPSA) is 66.8 Å². The summed E-state index contributed by atoms with van der Waals surface area (Å²) in [5.74, 6) is 0.226. The Hall–Kier alpha value is -2.53. The average molecular weight is 311 g/mol. The first kappa shape index (κ1) is 14.1. The van der Waals surface area contributed by atoms with Gasteiger partial charge in [0, 0.05) is 17.5 Å². The first-order chi connectivity index (χ1) is 11.2. The van der Waals surface area contributed by atoms with Gasteiger partial charge >= 0.3 is 0 Å².